The Hall–Kier alpha value is -2.26. The molecule has 27 heavy (non-hydrogen) atoms. The van der Waals surface area contributed by atoms with E-state index in [0.29, 0.717) is 18.7 Å². The number of hydrogen-bond acceptors (Lipinski definition) is 7. The van der Waals surface area contributed by atoms with Crippen molar-refractivity contribution in [2.45, 2.75) is 37.8 Å². The average Bonchev–Trinajstić information content (AvgIpc) is 3.42. The van der Waals surface area contributed by atoms with Gasteiger partial charge in [-0.25, -0.2) is 4.98 Å². The number of carbonyl (C=O) groups excluding carboxylic acids is 2. The zero-order chi connectivity index (χ0) is 19.0. The third kappa shape index (κ3) is 3.25. The fraction of sp³-hybridized carbons (Fsp3) is 0.556. The van der Waals surface area contributed by atoms with E-state index in [9.17, 15) is 9.59 Å². The second-order valence-electron chi connectivity index (χ2n) is 7.35. The van der Waals surface area contributed by atoms with Crippen LogP contribution < -0.4 is 5.32 Å². The molecule has 144 valence electrons. The molecule has 2 saturated heterocycles. The molecule has 4 rings (SSSR count). The lowest BCUT2D eigenvalue weighted by atomic mass is 9.71. The smallest absolute Gasteiger partial charge is 0.313 e. The number of aryl methyl sites for hydroxylation is 1. The van der Waals surface area contributed by atoms with Crippen molar-refractivity contribution < 1.29 is 14.3 Å². The van der Waals surface area contributed by atoms with Gasteiger partial charge in [0.05, 0.1) is 30.3 Å². The molecule has 9 heteroatoms. The van der Waals surface area contributed by atoms with Crippen LogP contribution >= 0.6 is 11.3 Å². The molecule has 2 bridgehead atoms. The molecule has 0 aromatic carbocycles. The van der Waals surface area contributed by atoms with Crippen molar-refractivity contribution in [1.29, 1.82) is 0 Å². The first-order valence-corrected chi connectivity index (χ1v) is 9.97. The quantitative estimate of drug-likeness (QED) is 0.753. The van der Waals surface area contributed by atoms with Crippen molar-refractivity contribution in [3.05, 3.63) is 28.8 Å². The standard InChI is InChI=1S/C18H23N5O3S/c1-22-6-5-15(21-22)20-16(24)9-23-13-3-4-14(23)18(8-13,17(25)26-2)7-12-10-27-11-19-12/h5-6,10-11,13-14H,3-4,7-9H2,1-2H3,(H,20,21,24)/t13-,14+,18+/m1/s1. The summed E-state index contributed by atoms with van der Waals surface area (Å²) in [6, 6.07) is 1.96. The predicted octanol–water partition coefficient (Wildman–Crippen LogP) is 1.45. The lowest BCUT2D eigenvalue weighted by molar-refractivity contribution is -0.155. The number of aromatic nitrogens is 3. The van der Waals surface area contributed by atoms with Crippen LogP contribution in [0.25, 0.3) is 0 Å². The van der Waals surface area contributed by atoms with Gasteiger partial charge in [0.2, 0.25) is 5.91 Å². The summed E-state index contributed by atoms with van der Waals surface area (Å²) in [5.74, 6) is 0.230. The minimum absolute atomic E-state index is 0.00821. The molecule has 2 aliphatic heterocycles. The zero-order valence-electron chi connectivity index (χ0n) is 15.4. The van der Waals surface area contributed by atoms with E-state index in [2.05, 4.69) is 20.3 Å². The van der Waals surface area contributed by atoms with Crippen molar-refractivity contribution in [3.63, 3.8) is 0 Å². The number of methoxy groups -OCH3 is 1. The highest BCUT2D eigenvalue weighted by Crippen LogP contribution is 2.52. The minimum atomic E-state index is -0.628. The van der Waals surface area contributed by atoms with E-state index in [1.807, 2.05) is 5.38 Å². The molecule has 1 amide bonds. The first-order chi connectivity index (χ1) is 13.0. The molecule has 2 aliphatic rings. The van der Waals surface area contributed by atoms with Gasteiger partial charge in [-0.05, 0) is 19.3 Å². The molecule has 2 fully saturated rings. The molecule has 4 heterocycles. The van der Waals surface area contributed by atoms with Crippen molar-refractivity contribution in [3.8, 4) is 0 Å². The van der Waals surface area contributed by atoms with E-state index in [1.165, 1.54) is 18.4 Å². The van der Waals surface area contributed by atoms with Crippen molar-refractivity contribution in [2.24, 2.45) is 12.5 Å². The highest BCUT2D eigenvalue weighted by atomic mass is 32.1. The first kappa shape index (κ1) is 18.1. The van der Waals surface area contributed by atoms with Gasteiger partial charge in [0.1, 0.15) is 0 Å². The fourth-order valence-electron chi connectivity index (χ4n) is 4.71. The zero-order valence-corrected chi connectivity index (χ0v) is 16.2. The summed E-state index contributed by atoms with van der Waals surface area (Å²) < 4.78 is 6.83. The van der Waals surface area contributed by atoms with E-state index in [-0.39, 0.29) is 30.5 Å². The maximum Gasteiger partial charge on any atom is 0.313 e. The topological polar surface area (TPSA) is 89.4 Å². The van der Waals surface area contributed by atoms with Gasteiger partial charge < -0.3 is 10.1 Å². The normalized spacial score (nSPS) is 27.0. The van der Waals surface area contributed by atoms with Crippen LogP contribution in [0, 0.1) is 5.41 Å². The Kier molecular flexibility index (Phi) is 4.73. The number of amides is 1. The number of rotatable bonds is 6. The Morgan fingerprint density at radius 2 is 2.30 bits per heavy atom. The van der Waals surface area contributed by atoms with Gasteiger partial charge in [-0.3, -0.25) is 19.2 Å². The first-order valence-electron chi connectivity index (χ1n) is 9.02. The number of nitrogens with zero attached hydrogens (tertiary/aromatic N) is 4. The number of anilines is 1. The van der Waals surface area contributed by atoms with Crippen LogP contribution in [-0.4, -0.2) is 57.3 Å². The summed E-state index contributed by atoms with van der Waals surface area (Å²) in [5, 5.41) is 9.00. The Morgan fingerprint density at radius 3 is 2.96 bits per heavy atom. The van der Waals surface area contributed by atoms with Crippen LogP contribution in [-0.2, 0) is 27.8 Å². The lowest BCUT2D eigenvalue weighted by Crippen LogP contribution is -2.47. The van der Waals surface area contributed by atoms with Gasteiger partial charge in [-0.2, -0.15) is 5.10 Å². The summed E-state index contributed by atoms with van der Waals surface area (Å²) in [4.78, 5) is 31.9. The van der Waals surface area contributed by atoms with Crippen LogP contribution in [0.2, 0.25) is 0 Å². The number of hydrogen-bond donors (Lipinski definition) is 1. The molecule has 0 spiro atoms. The molecular weight excluding hydrogens is 366 g/mol. The summed E-state index contributed by atoms with van der Waals surface area (Å²) in [6.45, 7) is 0.252. The van der Waals surface area contributed by atoms with Gasteiger partial charge in [0.25, 0.3) is 0 Å². The molecule has 0 radical (unpaired) electrons. The van der Waals surface area contributed by atoms with E-state index in [4.69, 9.17) is 4.74 Å². The van der Waals surface area contributed by atoms with Gasteiger partial charge in [0, 0.05) is 43.2 Å². The average molecular weight is 389 g/mol. The molecular formula is C18H23N5O3S. The molecule has 1 N–H and O–H groups in total. The molecule has 0 aliphatic carbocycles. The predicted molar refractivity (Wildman–Crippen MR) is 100 cm³/mol. The van der Waals surface area contributed by atoms with Crippen molar-refractivity contribution in [1.82, 2.24) is 19.7 Å². The highest BCUT2D eigenvalue weighted by Gasteiger charge is 2.60. The lowest BCUT2D eigenvalue weighted by Gasteiger charge is -2.34. The maximum absolute atomic E-state index is 12.8. The summed E-state index contributed by atoms with van der Waals surface area (Å²) in [5.41, 5.74) is 2.07. The molecule has 0 saturated carbocycles. The second-order valence-corrected chi connectivity index (χ2v) is 8.07. The van der Waals surface area contributed by atoms with Gasteiger partial charge in [0.15, 0.2) is 5.82 Å². The Morgan fingerprint density at radius 1 is 1.44 bits per heavy atom. The number of ether oxygens (including phenoxy) is 1. The van der Waals surface area contributed by atoms with Gasteiger partial charge >= 0.3 is 5.97 Å². The van der Waals surface area contributed by atoms with Crippen LogP contribution in [0.1, 0.15) is 25.0 Å². The summed E-state index contributed by atoms with van der Waals surface area (Å²) in [7, 11) is 3.24. The SMILES string of the molecule is COC(=O)[C@@]1(Cc2cscn2)C[C@H]2CC[C@@H]1N2CC(=O)Nc1ccn(C)n1. The van der Waals surface area contributed by atoms with Crippen LogP contribution in [0.3, 0.4) is 0 Å². The van der Waals surface area contributed by atoms with E-state index < -0.39 is 5.41 Å². The molecule has 0 unspecified atom stereocenters. The number of fused-ring (bicyclic) bond motifs is 2. The number of thiazole rings is 1. The highest BCUT2D eigenvalue weighted by molar-refractivity contribution is 7.07. The largest absolute Gasteiger partial charge is 0.469 e. The Labute approximate surface area is 161 Å². The van der Waals surface area contributed by atoms with Crippen LogP contribution in [0.5, 0.6) is 0 Å². The van der Waals surface area contributed by atoms with E-state index >= 15 is 0 Å². The van der Waals surface area contributed by atoms with Crippen molar-refractivity contribution in [2.75, 3.05) is 19.0 Å². The third-order valence-electron chi connectivity index (χ3n) is 5.76. The summed E-state index contributed by atoms with van der Waals surface area (Å²) in [6.07, 6.45) is 4.94. The summed E-state index contributed by atoms with van der Waals surface area (Å²) >= 11 is 1.53. The third-order valence-corrected chi connectivity index (χ3v) is 6.39. The van der Waals surface area contributed by atoms with Crippen molar-refractivity contribution >= 4 is 29.0 Å². The van der Waals surface area contributed by atoms with Gasteiger partial charge in [-0.15, -0.1) is 11.3 Å². The minimum Gasteiger partial charge on any atom is -0.469 e. The Balaban J connectivity index is 1.51. The van der Waals surface area contributed by atoms with Crippen LogP contribution in [0.4, 0.5) is 5.82 Å². The number of esters is 1. The molecule has 2 aromatic rings. The van der Waals surface area contributed by atoms with E-state index in [1.54, 1.807) is 29.5 Å². The van der Waals surface area contributed by atoms with E-state index in [0.717, 1.165) is 18.5 Å². The molecule has 2 aromatic heterocycles. The monoisotopic (exact) mass is 389 g/mol. The Bertz CT molecular complexity index is 836. The number of nitrogens with one attached hydrogen (secondary N) is 1. The molecule has 8 nitrogen and oxygen atoms in total. The second kappa shape index (κ2) is 7.05. The van der Waals surface area contributed by atoms with Gasteiger partial charge in [-0.1, -0.05) is 0 Å². The fourth-order valence-corrected chi connectivity index (χ4v) is 5.27. The number of carbonyl (C=O) groups is 2. The maximum atomic E-state index is 12.8. The van der Waals surface area contributed by atoms with Crippen LogP contribution in [0.15, 0.2) is 23.2 Å². The molecule has 3 atom stereocenters.